The van der Waals surface area contributed by atoms with Crippen LogP contribution in [0.3, 0.4) is 0 Å². The van der Waals surface area contributed by atoms with Crippen LogP contribution in [0.15, 0.2) is 85.2 Å². The van der Waals surface area contributed by atoms with Crippen molar-refractivity contribution in [3.8, 4) is 0 Å². The van der Waals surface area contributed by atoms with Crippen LogP contribution in [-0.2, 0) is 29.1 Å². The molecule has 9 heteroatoms. The van der Waals surface area contributed by atoms with Gasteiger partial charge < -0.3 is 15.1 Å². The highest BCUT2D eigenvalue weighted by Gasteiger charge is 2.52. The van der Waals surface area contributed by atoms with E-state index >= 15 is 0 Å². The Kier molecular flexibility index (Phi) is 8.17. The third-order valence-electron chi connectivity index (χ3n) is 7.23. The van der Waals surface area contributed by atoms with Crippen molar-refractivity contribution in [2.45, 2.75) is 45.1 Å². The zero-order valence-electron chi connectivity index (χ0n) is 22.1. The number of piperazine rings is 1. The first kappa shape index (κ1) is 26.4. The molecular formula is C30H34N6O3. The molecule has 2 aromatic carbocycles. The zero-order chi connectivity index (χ0) is 27.2. The van der Waals surface area contributed by atoms with Gasteiger partial charge in [0.15, 0.2) is 0 Å². The first-order valence-electron chi connectivity index (χ1n) is 13.4. The second kappa shape index (κ2) is 12.1. The molecule has 5 rings (SSSR count). The van der Waals surface area contributed by atoms with E-state index in [0.717, 1.165) is 23.1 Å². The molecule has 9 nitrogen and oxygen atoms in total. The lowest BCUT2D eigenvalue weighted by Crippen LogP contribution is -2.66. The highest BCUT2D eigenvalue weighted by molar-refractivity contribution is 5.91. The number of fused-ring (bicyclic) bond motifs is 1. The normalized spacial score (nSPS) is 19.2. The Bertz CT molecular complexity index is 1270. The summed E-state index contributed by atoms with van der Waals surface area (Å²) in [5, 5.41) is 6.50. The third-order valence-corrected chi connectivity index (χ3v) is 7.23. The smallest absolute Gasteiger partial charge is 0.332 e. The molecule has 2 fully saturated rings. The Hall–Kier alpha value is -4.24. The number of nitrogens with zero attached hydrogens (tertiary/aromatic N) is 5. The van der Waals surface area contributed by atoms with E-state index in [1.54, 1.807) is 22.3 Å². The number of pyridine rings is 1. The van der Waals surface area contributed by atoms with Crippen LogP contribution in [0.4, 0.5) is 4.79 Å². The Balaban J connectivity index is 1.42. The summed E-state index contributed by atoms with van der Waals surface area (Å²) < 4.78 is 0. The van der Waals surface area contributed by atoms with E-state index in [2.05, 4.69) is 10.3 Å². The molecule has 2 atom stereocenters. The Morgan fingerprint density at radius 2 is 1.62 bits per heavy atom. The van der Waals surface area contributed by atoms with Gasteiger partial charge in [0.25, 0.3) is 0 Å². The van der Waals surface area contributed by atoms with E-state index in [1.165, 1.54) is 0 Å². The van der Waals surface area contributed by atoms with Gasteiger partial charge in [-0.3, -0.25) is 19.6 Å². The summed E-state index contributed by atoms with van der Waals surface area (Å²) in [6.45, 7) is 3.62. The number of carbonyl (C=O) groups excluding carboxylic acids is 3. The number of nitrogens with one attached hydrogen (secondary N) is 1. The summed E-state index contributed by atoms with van der Waals surface area (Å²) in [5.74, 6) is -0.229. The summed E-state index contributed by atoms with van der Waals surface area (Å²) in [4.78, 5) is 48.3. The van der Waals surface area contributed by atoms with Gasteiger partial charge in [-0.25, -0.2) is 4.79 Å². The quantitative estimate of drug-likeness (QED) is 0.463. The molecule has 39 heavy (non-hydrogen) atoms. The maximum atomic E-state index is 13.8. The Labute approximate surface area is 229 Å². The molecule has 3 aromatic rings. The van der Waals surface area contributed by atoms with Crippen LogP contribution in [0.25, 0.3) is 0 Å². The van der Waals surface area contributed by atoms with Crippen molar-refractivity contribution in [1.29, 1.82) is 0 Å². The lowest BCUT2D eigenvalue weighted by molar-refractivity contribution is -0.157. The Morgan fingerprint density at radius 1 is 0.949 bits per heavy atom. The molecule has 4 amide bonds. The van der Waals surface area contributed by atoms with Crippen LogP contribution in [0.2, 0.25) is 0 Å². The van der Waals surface area contributed by atoms with Crippen molar-refractivity contribution in [3.05, 3.63) is 102 Å². The molecule has 1 aromatic heterocycles. The van der Waals surface area contributed by atoms with E-state index in [-0.39, 0.29) is 24.4 Å². The first-order chi connectivity index (χ1) is 19.0. The molecule has 2 aliphatic rings. The van der Waals surface area contributed by atoms with Gasteiger partial charge in [0.2, 0.25) is 11.8 Å². The third kappa shape index (κ3) is 5.93. The molecule has 0 spiro atoms. The van der Waals surface area contributed by atoms with Crippen molar-refractivity contribution in [3.63, 3.8) is 0 Å². The minimum Gasteiger partial charge on any atom is -0.333 e. The van der Waals surface area contributed by atoms with E-state index in [9.17, 15) is 14.4 Å². The highest BCUT2D eigenvalue weighted by Crippen LogP contribution is 2.30. The van der Waals surface area contributed by atoms with Crippen molar-refractivity contribution < 1.29 is 14.4 Å². The van der Waals surface area contributed by atoms with Crippen molar-refractivity contribution in [1.82, 2.24) is 30.1 Å². The van der Waals surface area contributed by atoms with Crippen LogP contribution in [0.1, 0.15) is 30.0 Å². The number of urea groups is 1. The molecule has 202 valence electrons. The second-order valence-corrected chi connectivity index (χ2v) is 9.93. The first-order valence-corrected chi connectivity index (χ1v) is 13.4. The summed E-state index contributed by atoms with van der Waals surface area (Å²) in [6, 6.07) is 22.4. The number of benzene rings is 2. The second-order valence-electron chi connectivity index (χ2n) is 9.93. The maximum absolute atomic E-state index is 13.8. The fraction of sp³-hybridized carbons (Fsp3) is 0.333. The molecule has 1 N–H and O–H groups in total. The molecule has 0 unspecified atom stereocenters. The predicted molar refractivity (Wildman–Crippen MR) is 147 cm³/mol. The number of aromatic nitrogens is 1. The van der Waals surface area contributed by atoms with E-state index in [1.807, 2.05) is 89.6 Å². The number of carbonyl (C=O) groups is 3. The van der Waals surface area contributed by atoms with Gasteiger partial charge >= 0.3 is 6.03 Å². The molecule has 0 saturated carbocycles. The van der Waals surface area contributed by atoms with Crippen LogP contribution in [0.5, 0.6) is 0 Å². The van der Waals surface area contributed by atoms with Gasteiger partial charge in [-0.1, -0.05) is 67.6 Å². The topological polar surface area (TPSA) is 89.1 Å². The molecule has 0 radical (unpaired) electrons. The molecular weight excluding hydrogens is 492 g/mol. The van der Waals surface area contributed by atoms with Gasteiger partial charge in [-0.2, -0.15) is 5.01 Å². The fourth-order valence-electron chi connectivity index (χ4n) is 5.36. The summed E-state index contributed by atoms with van der Waals surface area (Å²) >= 11 is 0. The average Bonchev–Trinajstić information content (AvgIpc) is 3.29. The molecule has 2 saturated heterocycles. The summed E-state index contributed by atoms with van der Waals surface area (Å²) in [7, 11) is 0. The van der Waals surface area contributed by atoms with Crippen LogP contribution >= 0.6 is 0 Å². The molecule has 0 bridgehead atoms. The number of amides is 4. The number of rotatable bonds is 9. The fourth-order valence-corrected chi connectivity index (χ4v) is 5.36. The largest absolute Gasteiger partial charge is 0.333 e. The van der Waals surface area contributed by atoms with Gasteiger partial charge in [-0.05, 0) is 35.2 Å². The highest BCUT2D eigenvalue weighted by atomic mass is 16.2. The van der Waals surface area contributed by atoms with Gasteiger partial charge in [0, 0.05) is 38.4 Å². The van der Waals surface area contributed by atoms with Crippen LogP contribution in [-0.4, -0.2) is 74.5 Å². The van der Waals surface area contributed by atoms with E-state index in [0.29, 0.717) is 32.6 Å². The van der Waals surface area contributed by atoms with Crippen molar-refractivity contribution >= 4 is 17.8 Å². The van der Waals surface area contributed by atoms with E-state index in [4.69, 9.17) is 0 Å². The van der Waals surface area contributed by atoms with Crippen LogP contribution < -0.4 is 5.32 Å². The van der Waals surface area contributed by atoms with Crippen molar-refractivity contribution in [2.24, 2.45) is 0 Å². The molecule has 3 heterocycles. The van der Waals surface area contributed by atoms with Gasteiger partial charge in [0.05, 0.1) is 13.1 Å². The predicted octanol–water partition coefficient (Wildman–Crippen LogP) is 3.04. The van der Waals surface area contributed by atoms with Crippen molar-refractivity contribution in [2.75, 3.05) is 19.6 Å². The minimum absolute atomic E-state index is 0.0467. The number of hydrazine groups is 1. The lowest BCUT2D eigenvalue weighted by Gasteiger charge is -2.46. The number of hydrogen-bond donors (Lipinski definition) is 1. The van der Waals surface area contributed by atoms with E-state index < -0.39 is 12.2 Å². The SMILES string of the molecule is CCCN(C(=O)NCc1ccccc1)N1CC(=O)N2[C@@H](Cc3ccccc3)C(=O)N(Cc3ccncc3)C[C@@H]21. The summed E-state index contributed by atoms with van der Waals surface area (Å²) in [6.07, 6.45) is 4.12. The monoisotopic (exact) mass is 526 g/mol. The Morgan fingerprint density at radius 3 is 2.28 bits per heavy atom. The molecule has 2 aliphatic heterocycles. The average molecular weight is 527 g/mol. The van der Waals surface area contributed by atoms with Crippen LogP contribution in [0, 0.1) is 0 Å². The maximum Gasteiger partial charge on any atom is 0.332 e. The minimum atomic E-state index is -0.652. The lowest BCUT2D eigenvalue weighted by atomic mass is 10.00. The molecule has 0 aliphatic carbocycles. The van der Waals surface area contributed by atoms with Gasteiger partial charge in [0.1, 0.15) is 12.2 Å². The standard InChI is InChI=1S/C30H34N6O3/c1-2-17-34(30(39)32-19-24-11-7-4-8-12-24)35-22-28(37)36-26(18-23-9-5-3-6-10-23)29(38)33(21-27(35)36)20-25-13-15-31-16-14-25/h3-16,26-27H,2,17-22H2,1H3,(H,32,39)/t26-,27+/m0/s1. The van der Waals surface area contributed by atoms with Gasteiger partial charge in [-0.15, -0.1) is 0 Å². The summed E-state index contributed by atoms with van der Waals surface area (Å²) in [5.41, 5.74) is 2.95. The zero-order valence-corrected chi connectivity index (χ0v) is 22.1. The number of hydrogen-bond acceptors (Lipinski definition) is 5.